The summed E-state index contributed by atoms with van der Waals surface area (Å²) < 4.78 is 2.18. The molecule has 7 nitrogen and oxygen atoms in total. The summed E-state index contributed by atoms with van der Waals surface area (Å²) in [6.45, 7) is 3.09. The minimum Gasteiger partial charge on any atom is -0.393 e. The Morgan fingerprint density at radius 2 is 1.84 bits per heavy atom. The van der Waals surface area contributed by atoms with Crippen molar-refractivity contribution in [3.8, 4) is 0 Å². The lowest BCUT2D eigenvalue weighted by Gasteiger charge is -2.27. The largest absolute Gasteiger partial charge is 0.393 e. The van der Waals surface area contributed by atoms with Crippen LogP contribution >= 0.6 is 27.3 Å². The summed E-state index contributed by atoms with van der Waals surface area (Å²) in [5, 5.41) is 17.6. The number of benzene rings is 1. The minimum absolute atomic E-state index is 0.171. The van der Waals surface area contributed by atoms with Gasteiger partial charge >= 0.3 is 0 Å². The van der Waals surface area contributed by atoms with Crippen molar-refractivity contribution >= 4 is 54.4 Å². The number of aliphatic hydroxyl groups is 1. The Morgan fingerprint density at radius 3 is 2.66 bits per heavy atom. The number of aliphatic hydroxyl groups excluding tert-OH is 1. The van der Waals surface area contributed by atoms with Crippen LogP contribution in [0, 0.1) is 0 Å². The number of hydrogen-bond donors (Lipinski definition) is 3. The van der Waals surface area contributed by atoms with E-state index in [1.54, 1.807) is 11.3 Å². The first kappa shape index (κ1) is 22.0. The number of anilines is 3. The molecule has 0 spiro atoms. The predicted molar refractivity (Wildman–Crippen MR) is 134 cm³/mol. The van der Waals surface area contributed by atoms with Gasteiger partial charge in [-0.25, -0.2) is 9.97 Å². The molecule has 3 heterocycles. The number of hydrogen-bond acceptors (Lipinski definition) is 8. The van der Waals surface area contributed by atoms with Crippen LogP contribution in [-0.2, 0) is 6.54 Å². The van der Waals surface area contributed by atoms with Gasteiger partial charge in [0, 0.05) is 23.1 Å². The predicted octanol–water partition coefficient (Wildman–Crippen LogP) is 5.29. The van der Waals surface area contributed by atoms with Gasteiger partial charge in [-0.3, -0.25) is 4.90 Å². The molecule has 1 aromatic carbocycles. The summed E-state index contributed by atoms with van der Waals surface area (Å²) in [5.74, 6) is 1.43. The Morgan fingerprint density at radius 1 is 1.03 bits per heavy atom. The zero-order valence-electron chi connectivity index (χ0n) is 18.1. The van der Waals surface area contributed by atoms with E-state index in [4.69, 9.17) is 15.0 Å². The van der Waals surface area contributed by atoms with Crippen LogP contribution in [0.1, 0.15) is 50.6 Å². The highest BCUT2D eigenvalue weighted by Gasteiger charge is 2.21. The summed E-state index contributed by atoms with van der Waals surface area (Å²) in [7, 11) is 0. The number of thiazole rings is 1. The van der Waals surface area contributed by atoms with Crippen molar-refractivity contribution < 1.29 is 5.11 Å². The molecule has 5 rings (SSSR count). The SMILES string of the molecule is OC1CCC(Nc2nc(CN3CCCCC3)cc(Nc3nc4ccc(Br)cc4s3)n2)CC1. The molecule has 32 heavy (non-hydrogen) atoms. The highest BCUT2D eigenvalue weighted by Crippen LogP contribution is 2.30. The van der Waals surface area contributed by atoms with Crippen LogP contribution in [0.4, 0.5) is 16.9 Å². The lowest BCUT2D eigenvalue weighted by Crippen LogP contribution is -2.30. The quantitative estimate of drug-likeness (QED) is 0.410. The normalized spacial score (nSPS) is 22.2. The van der Waals surface area contributed by atoms with Gasteiger partial charge in [-0.1, -0.05) is 33.7 Å². The van der Waals surface area contributed by atoms with Gasteiger partial charge in [0.05, 0.1) is 22.0 Å². The second-order valence-corrected chi connectivity index (χ2v) is 10.8. The van der Waals surface area contributed by atoms with Crippen molar-refractivity contribution in [2.45, 2.75) is 63.6 Å². The summed E-state index contributed by atoms with van der Waals surface area (Å²) in [4.78, 5) is 16.8. The number of aromatic nitrogens is 3. The summed E-state index contributed by atoms with van der Waals surface area (Å²) in [5.41, 5.74) is 1.99. The van der Waals surface area contributed by atoms with Crippen LogP contribution in [0.2, 0.25) is 0 Å². The molecule has 2 aliphatic rings. The fourth-order valence-electron chi connectivity index (χ4n) is 4.52. The zero-order chi connectivity index (χ0) is 21.9. The average molecular weight is 517 g/mol. The van der Waals surface area contributed by atoms with Gasteiger partial charge in [-0.05, 0) is 69.8 Å². The number of piperidine rings is 1. The first-order valence-electron chi connectivity index (χ1n) is 11.5. The highest BCUT2D eigenvalue weighted by atomic mass is 79.9. The summed E-state index contributed by atoms with van der Waals surface area (Å²) in [6.07, 6.45) is 7.21. The van der Waals surface area contributed by atoms with Gasteiger partial charge in [0.15, 0.2) is 5.13 Å². The molecule has 0 bridgehead atoms. The van der Waals surface area contributed by atoms with E-state index in [9.17, 15) is 5.11 Å². The minimum atomic E-state index is -0.171. The van der Waals surface area contributed by atoms with Crippen molar-refractivity contribution in [3.05, 3.63) is 34.4 Å². The van der Waals surface area contributed by atoms with Crippen molar-refractivity contribution in [1.29, 1.82) is 0 Å². The molecule has 1 saturated heterocycles. The Bertz CT molecular complexity index is 1060. The van der Waals surface area contributed by atoms with Crippen molar-refractivity contribution in [3.63, 3.8) is 0 Å². The van der Waals surface area contributed by atoms with E-state index in [0.717, 1.165) is 76.7 Å². The van der Waals surface area contributed by atoms with E-state index < -0.39 is 0 Å². The molecule has 2 fully saturated rings. The second kappa shape index (κ2) is 9.99. The maximum Gasteiger partial charge on any atom is 0.225 e. The fraction of sp³-hybridized carbons (Fsp3) is 0.522. The molecule has 0 unspecified atom stereocenters. The Kier molecular flexibility index (Phi) is 6.87. The molecular formula is C23H29BrN6OS. The van der Waals surface area contributed by atoms with Crippen molar-refractivity contribution in [2.75, 3.05) is 23.7 Å². The van der Waals surface area contributed by atoms with E-state index in [2.05, 4.69) is 37.5 Å². The zero-order valence-corrected chi connectivity index (χ0v) is 20.5. The molecule has 3 aromatic rings. The molecule has 1 saturated carbocycles. The standard InChI is InChI=1S/C23H29BrN6OS/c24-15-4-9-19-20(12-15)32-23(27-19)29-21-13-17(14-30-10-2-1-3-11-30)26-22(28-21)25-16-5-7-18(31)8-6-16/h4,9,12-13,16,18,31H,1-3,5-8,10-11,14H2,(H2,25,26,27,28,29). The molecule has 9 heteroatoms. The third-order valence-electron chi connectivity index (χ3n) is 6.23. The molecular weight excluding hydrogens is 488 g/mol. The number of likely N-dealkylation sites (tertiary alicyclic amines) is 1. The molecule has 1 aliphatic heterocycles. The van der Waals surface area contributed by atoms with Gasteiger partial charge in [0.2, 0.25) is 5.95 Å². The van der Waals surface area contributed by atoms with E-state index in [1.165, 1.54) is 19.3 Å². The van der Waals surface area contributed by atoms with Gasteiger partial charge < -0.3 is 15.7 Å². The van der Waals surface area contributed by atoms with Crippen LogP contribution in [-0.4, -0.2) is 50.2 Å². The first-order chi connectivity index (χ1) is 15.6. The van der Waals surface area contributed by atoms with Gasteiger partial charge in [-0.15, -0.1) is 0 Å². The maximum atomic E-state index is 9.82. The van der Waals surface area contributed by atoms with E-state index >= 15 is 0 Å². The summed E-state index contributed by atoms with van der Waals surface area (Å²) in [6, 6.07) is 8.47. The monoisotopic (exact) mass is 516 g/mol. The van der Waals surface area contributed by atoms with Crippen LogP contribution in [0.5, 0.6) is 0 Å². The lowest BCUT2D eigenvalue weighted by atomic mass is 9.93. The van der Waals surface area contributed by atoms with Crippen molar-refractivity contribution in [2.24, 2.45) is 0 Å². The average Bonchev–Trinajstić information content (AvgIpc) is 3.17. The second-order valence-electron chi connectivity index (χ2n) is 8.81. The van der Waals surface area contributed by atoms with Crippen LogP contribution in [0.25, 0.3) is 10.2 Å². The number of halogens is 1. The summed E-state index contributed by atoms with van der Waals surface area (Å²) >= 11 is 5.15. The van der Waals surface area contributed by atoms with Crippen LogP contribution in [0.15, 0.2) is 28.7 Å². The smallest absolute Gasteiger partial charge is 0.225 e. The topological polar surface area (TPSA) is 86.2 Å². The van der Waals surface area contributed by atoms with E-state index in [0.29, 0.717) is 12.0 Å². The Balaban J connectivity index is 1.38. The molecule has 170 valence electrons. The van der Waals surface area contributed by atoms with Crippen LogP contribution in [0.3, 0.4) is 0 Å². The Hall–Kier alpha value is -1.81. The fourth-order valence-corrected chi connectivity index (χ4v) is 5.94. The van der Waals surface area contributed by atoms with Gasteiger partial charge in [-0.2, -0.15) is 4.98 Å². The molecule has 2 aromatic heterocycles. The maximum absolute atomic E-state index is 9.82. The van der Waals surface area contributed by atoms with E-state index in [1.807, 2.05) is 18.2 Å². The molecule has 0 amide bonds. The first-order valence-corrected chi connectivity index (χ1v) is 13.1. The van der Waals surface area contributed by atoms with Gasteiger partial charge in [0.25, 0.3) is 0 Å². The number of rotatable bonds is 6. The van der Waals surface area contributed by atoms with Gasteiger partial charge in [0.1, 0.15) is 5.82 Å². The molecule has 1 aliphatic carbocycles. The lowest BCUT2D eigenvalue weighted by molar-refractivity contribution is 0.126. The highest BCUT2D eigenvalue weighted by molar-refractivity contribution is 9.10. The molecule has 0 atom stereocenters. The van der Waals surface area contributed by atoms with Crippen molar-refractivity contribution in [1.82, 2.24) is 19.9 Å². The third-order valence-corrected chi connectivity index (χ3v) is 7.66. The number of nitrogens with one attached hydrogen (secondary N) is 2. The third kappa shape index (κ3) is 5.57. The molecule has 3 N–H and O–H groups in total. The Labute approximate surface area is 200 Å². The number of nitrogens with zero attached hydrogens (tertiary/aromatic N) is 4. The molecule has 0 radical (unpaired) electrons. The number of fused-ring (bicyclic) bond motifs is 1. The van der Waals surface area contributed by atoms with Crippen LogP contribution < -0.4 is 10.6 Å². The van der Waals surface area contributed by atoms with E-state index in [-0.39, 0.29) is 6.10 Å².